The van der Waals surface area contributed by atoms with Crippen LogP contribution >= 0.6 is 0 Å². The Bertz CT molecular complexity index is 975. The van der Waals surface area contributed by atoms with Gasteiger partial charge in [-0.3, -0.25) is 10.7 Å². The van der Waals surface area contributed by atoms with Crippen LogP contribution in [0.5, 0.6) is 0 Å². The number of hydrogen-bond acceptors (Lipinski definition) is 5. The molecule has 1 aliphatic carbocycles. The fourth-order valence-corrected chi connectivity index (χ4v) is 4.75. The zero-order chi connectivity index (χ0) is 20.3. The molecule has 0 amide bonds. The Kier molecular flexibility index (Phi) is 5.57. The second-order valence-corrected chi connectivity index (χ2v) is 8.38. The van der Waals surface area contributed by atoms with Crippen LogP contribution in [0.2, 0.25) is 0 Å². The highest BCUT2D eigenvalue weighted by Crippen LogP contribution is 2.38. The van der Waals surface area contributed by atoms with Crippen molar-refractivity contribution >= 4 is 0 Å². The number of hydrazine groups is 1. The molecule has 7 heteroatoms. The molecule has 0 spiro atoms. The smallest absolute Gasteiger partial charge is 0.123 e. The van der Waals surface area contributed by atoms with E-state index < -0.39 is 0 Å². The lowest BCUT2D eigenvalue weighted by atomic mass is 9.76. The molecular formula is C23H27FN6. The molecule has 2 aliphatic rings. The molecule has 2 aromatic carbocycles. The van der Waals surface area contributed by atoms with Gasteiger partial charge < -0.3 is 0 Å². The molecule has 3 aromatic rings. The number of nitrogens with one attached hydrogen (secondary N) is 3. The quantitative estimate of drug-likeness (QED) is 0.587. The zero-order valence-corrected chi connectivity index (χ0v) is 16.8. The maximum atomic E-state index is 13.4. The summed E-state index contributed by atoms with van der Waals surface area (Å²) in [5, 5.41) is 12.4. The summed E-state index contributed by atoms with van der Waals surface area (Å²) in [6, 6.07) is 17.6. The fourth-order valence-electron chi connectivity index (χ4n) is 4.75. The maximum absolute atomic E-state index is 13.4. The Balaban J connectivity index is 1.21. The third-order valence-corrected chi connectivity index (χ3v) is 6.33. The van der Waals surface area contributed by atoms with Crippen LogP contribution < -0.4 is 16.2 Å². The van der Waals surface area contributed by atoms with Gasteiger partial charge in [0.25, 0.3) is 0 Å². The summed E-state index contributed by atoms with van der Waals surface area (Å²) < 4.78 is 15.4. The minimum absolute atomic E-state index is 0.153. The van der Waals surface area contributed by atoms with Crippen LogP contribution in [0.4, 0.5) is 4.39 Å². The largest absolute Gasteiger partial charge is 0.297 e. The van der Waals surface area contributed by atoms with Crippen molar-refractivity contribution in [3.05, 3.63) is 83.4 Å². The molecule has 1 aromatic heterocycles. The van der Waals surface area contributed by atoms with Crippen LogP contribution in [-0.4, -0.2) is 27.2 Å². The van der Waals surface area contributed by atoms with Gasteiger partial charge >= 0.3 is 0 Å². The molecule has 1 saturated heterocycles. The standard InChI is InChI=1S/C23H27FN6/c24-19-8-4-7-17(11-19)13-25-23-20-12-18(9-10-21(20)26-28-23)22-15-30(29-27-22)14-16-5-2-1-3-6-16/h1-8,11,15,18,20-21,23,25-26,28H,9-10,12-14H2. The molecule has 1 saturated carbocycles. The number of benzene rings is 2. The van der Waals surface area contributed by atoms with Crippen molar-refractivity contribution in [2.45, 2.75) is 50.5 Å². The highest BCUT2D eigenvalue weighted by atomic mass is 19.1. The molecule has 156 valence electrons. The molecule has 5 rings (SSSR count). The molecule has 4 atom stereocenters. The Morgan fingerprint density at radius 3 is 2.77 bits per heavy atom. The zero-order valence-electron chi connectivity index (χ0n) is 16.8. The lowest BCUT2D eigenvalue weighted by Gasteiger charge is -2.32. The number of halogens is 1. The number of rotatable bonds is 6. The highest BCUT2D eigenvalue weighted by molar-refractivity contribution is 5.17. The highest BCUT2D eigenvalue weighted by Gasteiger charge is 2.41. The minimum atomic E-state index is -0.194. The van der Waals surface area contributed by atoms with Crippen LogP contribution in [0.1, 0.15) is 42.0 Å². The summed E-state index contributed by atoms with van der Waals surface area (Å²) in [5.41, 5.74) is 10.1. The predicted molar refractivity (Wildman–Crippen MR) is 113 cm³/mol. The molecule has 2 heterocycles. The molecular weight excluding hydrogens is 379 g/mol. The number of aromatic nitrogens is 3. The molecule has 1 aliphatic heterocycles. The van der Waals surface area contributed by atoms with Gasteiger partial charge in [0.2, 0.25) is 0 Å². The van der Waals surface area contributed by atoms with Gasteiger partial charge in [0.1, 0.15) is 5.82 Å². The van der Waals surface area contributed by atoms with Crippen LogP contribution in [0, 0.1) is 11.7 Å². The van der Waals surface area contributed by atoms with Gasteiger partial charge in [-0.1, -0.05) is 47.7 Å². The summed E-state index contributed by atoms with van der Waals surface area (Å²) in [4.78, 5) is 0. The Morgan fingerprint density at radius 1 is 1.03 bits per heavy atom. The normalized spacial score (nSPS) is 25.9. The van der Waals surface area contributed by atoms with Gasteiger partial charge in [-0.15, -0.1) is 5.10 Å². The Morgan fingerprint density at radius 2 is 1.90 bits per heavy atom. The summed E-state index contributed by atoms with van der Waals surface area (Å²) in [7, 11) is 0. The van der Waals surface area contributed by atoms with Crippen molar-refractivity contribution < 1.29 is 4.39 Å². The van der Waals surface area contributed by atoms with E-state index in [1.165, 1.54) is 11.6 Å². The van der Waals surface area contributed by atoms with E-state index in [1.807, 2.05) is 28.9 Å². The van der Waals surface area contributed by atoms with E-state index in [4.69, 9.17) is 0 Å². The lowest BCUT2D eigenvalue weighted by molar-refractivity contribution is 0.254. The van der Waals surface area contributed by atoms with E-state index in [1.54, 1.807) is 12.1 Å². The van der Waals surface area contributed by atoms with Gasteiger partial charge in [0, 0.05) is 30.6 Å². The monoisotopic (exact) mass is 406 g/mol. The van der Waals surface area contributed by atoms with E-state index >= 15 is 0 Å². The minimum Gasteiger partial charge on any atom is -0.297 e. The van der Waals surface area contributed by atoms with E-state index in [0.29, 0.717) is 24.4 Å². The third-order valence-electron chi connectivity index (χ3n) is 6.33. The van der Waals surface area contributed by atoms with Crippen LogP contribution in [0.25, 0.3) is 0 Å². The fraction of sp³-hybridized carbons (Fsp3) is 0.391. The van der Waals surface area contributed by atoms with Crippen molar-refractivity contribution in [2.24, 2.45) is 5.92 Å². The summed E-state index contributed by atoms with van der Waals surface area (Å²) in [6.45, 7) is 1.38. The SMILES string of the molecule is Fc1cccc(CNC2NNC3CCC(c4cn(Cc5ccccc5)nn4)CC32)c1. The first-order valence-corrected chi connectivity index (χ1v) is 10.7. The van der Waals surface area contributed by atoms with Crippen LogP contribution in [0.3, 0.4) is 0 Å². The van der Waals surface area contributed by atoms with Gasteiger partial charge in [-0.2, -0.15) is 0 Å². The molecule has 0 radical (unpaired) electrons. The summed E-state index contributed by atoms with van der Waals surface area (Å²) in [6.07, 6.45) is 5.52. The van der Waals surface area contributed by atoms with Gasteiger partial charge in [-0.25, -0.2) is 14.5 Å². The van der Waals surface area contributed by atoms with Crippen molar-refractivity contribution in [1.82, 2.24) is 31.2 Å². The molecule has 6 nitrogen and oxygen atoms in total. The lowest BCUT2D eigenvalue weighted by Crippen LogP contribution is -2.44. The van der Waals surface area contributed by atoms with Crippen molar-refractivity contribution in [3.63, 3.8) is 0 Å². The second-order valence-electron chi connectivity index (χ2n) is 8.38. The molecule has 0 bridgehead atoms. The average molecular weight is 407 g/mol. The second kappa shape index (κ2) is 8.63. The number of nitrogens with zero attached hydrogens (tertiary/aromatic N) is 3. The predicted octanol–water partition coefficient (Wildman–Crippen LogP) is 2.94. The molecule has 4 unspecified atom stereocenters. The maximum Gasteiger partial charge on any atom is 0.123 e. The van der Waals surface area contributed by atoms with E-state index in [9.17, 15) is 4.39 Å². The number of fused-ring (bicyclic) bond motifs is 1. The van der Waals surface area contributed by atoms with E-state index in [0.717, 1.165) is 37.1 Å². The van der Waals surface area contributed by atoms with Gasteiger partial charge in [0.15, 0.2) is 0 Å². The molecule has 3 N–H and O–H groups in total. The number of hydrogen-bond donors (Lipinski definition) is 3. The van der Waals surface area contributed by atoms with Gasteiger partial charge in [0.05, 0.1) is 18.4 Å². The van der Waals surface area contributed by atoms with Crippen molar-refractivity contribution in [1.29, 1.82) is 0 Å². The summed E-state index contributed by atoms with van der Waals surface area (Å²) >= 11 is 0. The van der Waals surface area contributed by atoms with Crippen LogP contribution in [0.15, 0.2) is 60.8 Å². The van der Waals surface area contributed by atoms with Crippen LogP contribution in [-0.2, 0) is 13.1 Å². The van der Waals surface area contributed by atoms with Gasteiger partial charge in [-0.05, 0) is 42.5 Å². The molecule has 30 heavy (non-hydrogen) atoms. The first kappa shape index (κ1) is 19.4. The molecule has 2 fully saturated rings. The summed E-state index contributed by atoms with van der Waals surface area (Å²) in [5.74, 6) is 0.675. The first-order valence-electron chi connectivity index (χ1n) is 10.7. The Labute approximate surface area is 175 Å². The van der Waals surface area contributed by atoms with E-state index in [2.05, 4.69) is 44.8 Å². The van der Waals surface area contributed by atoms with E-state index in [-0.39, 0.29) is 12.0 Å². The Hall–Kier alpha value is -2.61. The average Bonchev–Trinajstić information content (AvgIpc) is 3.39. The van der Waals surface area contributed by atoms with Crippen molar-refractivity contribution in [3.8, 4) is 0 Å². The third kappa shape index (κ3) is 4.28. The van der Waals surface area contributed by atoms with Crippen molar-refractivity contribution in [2.75, 3.05) is 0 Å². The first-order chi connectivity index (χ1) is 14.7. The topological polar surface area (TPSA) is 66.8 Å².